The molecule has 0 N–H and O–H groups in total. The Morgan fingerprint density at radius 2 is 1.45 bits per heavy atom. The average Bonchev–Trinajstić information content (AvgIpc) is 3.72. The summed E-state index contributed by atoms with van der Waals surface area (Å²) >= 11 is 0. The summed E-state index contributed by atoms with van der Waals surface area (Å²) < 4.78 is 30.1. The third kappa shape index (κ3) is 5.25. The minimum atomic E-state index is -1.33. The summed E-state index contributed by atoms with van der Waals surface area (Å²) in [6.07, 6.45) is -1.68. The fourth-order valence-corrected chi connectivity index (χ4v) is 8.16. The van der Waals surface area contributed by atoms with Gasteiger partial charge in [-0.15, -0.1) is 0 Å². The molecule has 1 aromatic rings. The molecule has 3 aliphatic carbocycles. The number of carbonyl (C=O) groups excluding carboxylic acids is 5. The number of fused-ring (bicyclic) bond motifs is 1. The molecule has 10 heteroatoms. The van der Waals surface area contributed by atoms with Gasteiger partial charge in [-0.05, 0) is 41.9 Å². The highest BCUT2D eigenvalue weighted by Gasteiger charge is 2.84. The Bertz CT molecular complexity index is 1400. The van der Waals surface area contributed by atoms with Gasteiger partial charge in [0.05, 0.1) is 12.3 Å². The van der Waals surface area contributed by atoms with Gasteiger partial charge in [0.2, 0.25) is 0 Å². The fraction of sp³-hybridized carbons (Fsp3) is 0.618. The van der Waals surface area contributed by atoms with Crippen molar-refractivity contribution in [2.24, 2.45) is 29.1 Å². The van der Waals surface area contributed by atoms with Crippen molar-refractivity contribution in [1.29, 1.82) is 0 Å². The predicted molar refractivity (Wildman–Crippen MR) is 156 cm³/mol. The molecule has 1 saturated heterocycles. The number of hydrogen-bond donors (Lipinski definition) is 0. The molecule has 238 valence electrons. The van der Waals surface area contributed by atoms with Crippen LogP contribution in [-0.4, -0.2) is 65.3 Å². The van der Waals surface area contributed by atoms with Gasteiger partial charge in [0.25, 0.3) is 0 Å². The van der Waals surface area contributed by atoms with Crippen molar-refractivity contribution in [2.75, 3.05) is 0 Å². The van der Waals surface area contributed by atoms with E-state index in [0.29, 0.717) is 5.57 Å². The Balaban J connectivity index is 1.65. The molecule has 2 saturated carbocycles. The van der Waals surface area contributed by atoms with Crippen LogP contribution < -0.4 is 0 Å². The van der Waals surface area contributed by atoms with Crippen LogP contribution >= 0.6 is 0 Å². The topological polar surface area (TPSA) is 135 Å². The average molecular weight is 611 g/mol. The highest BCUT2D eigenvalue weighted by Crippen LogP contribution is 2.68. The van der Waals surface area contributed by atoms with Gasteiger partial charge in [0, 0.05) is 32.6 Å². The van der Waals surface area contributed by atoms with E-state index >= 15 is 0 Å². The summed E-state index contributed by atoms with van der Waals surface area (Å²) in [6.45, 7) is 13.2. The molecule has 4 aliphatic rings. The van der Waals surface area contributed by atoms with Crippen molar-refractivity contribution in [2.45, 2.75) is 104 Å². The lowest BCUT2D eigenvalue weighted by molar-refractivity contribution is -0.167. The second kappa shape index (κ2) is 11.1. The predicted octanol–water partition coefficient (Wildman–Crippen LogP) is 3.92. The molecule has 0 spiro atoms. The smallest absolute Gasteiger partial charge is 0.310 e. The molecular weight excluding hydrogens is 568 g/mol. The van der Waals surface area contributed by atoms with Gasteiger partial charge in [-0.2, -0.15) is 0 Å². The molecule has 1 aromatic carbocycles. The molecule has 1 heterocycles. The second-order valence-electron chi connectivity index (χ2n) is 13.6. The van der Waals surface area contributed by atoms with Gasteiger partial charge in [0.15, 0.2) is 23.1 Å². The number of carbonyl (C=O) groups is 5. The monoisotopic (exact) mass is 610 g/mol. The van der Waals surface area contributed by atoms with E-state index in [4.69, 9.17) is 23.7 Å². The molecule has 5 rings (SSSR count). The Hall–Kier alpha value is -3.53. The molecule has 3 fully saturated rings. The molecule has 0 bridgehead atoms. The number of hydrogen-bond acceptors (Lipinski definition) is 10. The number of Topliss-reactive ketones (excluding diaryl/α,β-unsaturated/α-hetero) is 1. The largest absolute Gasteiger partial charge is 0.461 e. The maximum absolute atomic E-state index is 14.4. The molecule has 0 aromatic heterocycles. The molecule has 1 aliphatic heterocycles. The van der Waals surface area contributed by atoms with E-state index in [1.807, 2.05) is 51.1 Å². The summed E-state index contributed by atoms with van der Waals surface area (Å²) in [4.78, 5) is 65.1. The normalized spacial score (nSPS) is 38.4. The van der Waals surface area contributed by atoms with E-state index in [2.05, 4.69) is 0 Å². The summed E-state index contributed by atoms with van der Waals surface area (Å²) in [5.41, 5.74) is -1.96. The first-order chi connectivity index (χ1) is 20.6. The zero-order valence-electron chi connectivity index (χ0n) is 26.6. The minimum Gasteiger partial charge on any atom is -0.461 e. The lowest BCUT2D eigenvalue weighted by atomic mass is 9.80. The van der Waals surface area contributed by atoms with Crippen molar-refractivity contribution in [3.63, 3.8) is 0 Å². The lowest BCUT2D eigenvalue weighted by Gasteiger charge is -2.30. The summed E-state index contributed by atoms with van der Waals surface area (Å²) in [5.74, 6) is -4.29. The zero-order chi connectivity index (χ0) is 32.4. The van der Waals surface area contributed by atoms with E-state index in [-0.39, 0.29) is 24.5 Å². The van der Waals surface area contributed by atoms with E-state index in [9.17, 15) is 24.0 Å². The van der Waals surface area contributed by atoms with Crippen LogP contribution in [0.5, 0.6) is 0 Å². The molecule has 44 heavy (non-hydrogen) atoms. The van der Waals surface area contributed by atoms with Crippen LogP contribution in [-0.2, 0) is 54.1 Å². The van der Waals surface area contributed by atoms with E-state index in [1.54, 1.807) is 19.9 Å². The van der Waals surface area contributed by atoms with E-state index < -0.39 is 82.7 Å². The highest BCUT2D eigenvalue weighted by atomic mass is 16.7. The first-order valence-corrected chi connectivity index (χ1v) is 15.2. The lowest BCUT2D eigenvalue weighted by Crippen LogP contribution is -2.43. The number of benzene rings is 1. The summed E-state index contributed by atoms with van der Waals surface area (Å²) in [5, 5.41) is 0. The first kappa shape index (κ1) is 31.9. The van der Waals surface area contributed by atoms with Crippen LogP contribution in [0.4, 0.5) is 0 Å². The SMILES string of the molecule is CC(=O)OC1C(C)=CC23OC2(CC(C)C3OC(C)=O)C(=O)C(C)C(OC(C)=O)C2C(C1OC(=O)Cc1ccccc1)C2(C)C. The third-order valence-corrected chi connectivity index (χ3v) is 10.0. The number of ether oxygens (including phenoxy) is 5. The quantitative estimate of drug-likeness (QED) is 0.202. The number of ketones is 1. The minimum absolute atomic E-state index is 0.00479. The molecule has 0 radical (unpaired) electrons. The standard InChI is InChI=1S/C34H42O10/c1-17-15-34-31(42-22(6)37)18(2)16-33(34,44-34)30(39)19(3)28(41-21(5)36)25-26(32(25,7)8)29(27(17)40-20(4)35)43-24(38)14-23-12-10-9-11-13-23/h9-13,15,18-19,25-29,31H,14,16H2,1-8H3. The van der Waals surface area contributed by atoms with Crippen LogP contribution in [0.2, 0.25) is 0 Å². The van der Waals surface area contributed by atoms with Crippen molar-refractivity contribution < 1.29 is 47.7 Å². The van der Waals surface area contributed by atoms with Gasteiger partial charge in [0.1, 0.15) is 18.3 Å². The fourth-order valence-electron chi connectivity index (χ4n) is 8.16. The Kier molecular flexibility index (Phi) is 8.06. The van der Waals surface area contributed by atoms with Gasteiger partial charge in [-0.3, -0.25) is 24.0 Å². The highest BCUT2D eigenvalue weighted by molar-refractivity contribution is 5.96. The van der Waals surface area contributed by atoms with E-state index in [0.717, 1.165) is 5.56 Å². The molecule has 10 nitrogen and oxygen atoms in total. The molecular formula is C34H42O10. The number of esters is 4. The van der Waals surface area contributed by atoms with Crippen LogP contribution in [0.1, 0.15) is 67.4 Å². The van der Waals surface area contributed by atoms with Crippen LogP contribution in [0, 0.1) is 29.1 Å². The Morgan fingerprint density at radius 1 is 0.864 bits per heavy atom. The van der Waals surface area contributed by atoms with Gasteiger partial charge in [-0.25, -0.2) is 0 Å². The first-order valence-electron chi connectivity index (χ1n) is 15.2. The van der Waals surface area contributed by atoms with E-state index in [1.165, 1.54) is 20.8 Å². The Labute approximate surface area is 257 Å². The third-order valence-electron chi connectivity index (χ3n) is 10.0. The van der Waals surface area contributed by atoms with Crippen molar-refractivity contribution in [1.82, 2.24) is 0 Å². The molecule has 0 amide bonds. The van der Waals surface area contributed by atoms with Crippen molar-refractivity contribution >= 4 is 29.7 Å². The summed E-state index contributed by atoms with van der Waals surface area (Å²) in [6, 6.07) is 9.15. The van der Waals surface area contributed by atoms with Crippen molar-refractivity contribution in [3.05, 3.63) is 47.5 Å². The Morgan fingerprint density at radius 3 is 2.05 bits per heavy atom. The molecule has 10 unspecified atom stereocenters. The maximum Gasteiger partial charge on any atom is 0.310 e. The van der Waals surface area contributed by atoms with Crippen molar-refractivity contribution in [3.8, 4) is 0 Å². The second-order valence-corrected chi connectivity index (χ2v) is 13.6. The van der Waals surface area contributed by atoms with Crippen LogP contribution in [0.3, 0.4) is 0 Å². The zero-order valence-corrected chi connectivity index (χ0v) is 26.6. The molecule has 10 atom stereocenters. The van der Waals surface area contributed by atoms with Crippen LogP contribution in [0.15, 0.2) is 42.0 Å². The van der Waals surface area contributed by atoms with Gasteiger partial charge >= 0.3 is 23.9 Å². The number of rotatable bonds is 6. The van der Waals surface area contributed by atoms with Crippen LogP contribution in [0.25, 0.3) is 0 Å². The number of epoxide rings is 1. The van der Waals surface area contributed by atoms with Gasteiger partial charge in [-0.1, -0.05) is 58.0 Å². The van der Waals surface area contributed by atoms with Gasteiger partial charge < -0.3 is 23.7 Å². The maximum atomic E-state index is 14.4. The summed E-state index contributed by atoms with van der Waals surface area (Å²) in [7, 11) is 0.